The van der Waals surface area contributed by atoms with Crippen LogP contribution in [0.25, 0.3) is 0 Å². The second kappa shape index (κ2) is 8.21. The largest absolute Gasteiger partial charge is 0.493 e. The number of benzene rings is 1. The van der Waals surface area contributed by atoms with E-state index in [1.54, 1.807) is 12.1 Å². The smallest absolute Gasteiger partial charge is 0.263 e. The second-order valence-corrected chi connectivity index (χ2v) is 10.3. The van der Waals surface area contributed by atoms with Gasteiger partial charge in [-0.15, -0.1) is 0 Å². The number of fused-ring (bicyclic) bond motifs is 1. The lowest BCUT2D eigenvalue weighted by Gasteiger charge is -2.43. The van der Waals surface area contributed by atoms with E-state index < -0.39 is 10.0 Å². The molecule has 0 spiro atoms. The number of aromatic nitrogens is 4. The van der Waals surface area contributed by atoms with Crippen molar-refractivity contribution in [2.24, 2.45) is 7.05 Å². The molecule has 164 valence electrons. The average molecular weight is 461 g/mol. The van der Waals surface area contributed by atoms with Crippen LogP contribution in [0, 0.1) is 0 Å². The number of sulfonamides is 1. The van der Waals surface area contributed by atoms with E-state index in [-0.39, 0.29) is 16.1 Å². The fraction of sp³-hybridized carbons (Fsp3) is 0.450. The van der Waals surface area contributed by atoms with Gasteiger partial charge < -0.3 is 4.74 Å². The molecular formula is C20H24N6O3S2. The van der Waals surface area contributed by atoms with Gasteiger partial charge in [-0.2, -0.15) is 9.47 Å². The molecule has 1 fully saturated rings. The minimum absolute atomic E-state index is 0.156. The number of nitrogens with zero attached hydrogens (tertiary/aromatic N) is 5. The van der Waals surface area contributed by atoms with Crippen LogP contribution in [0.5, 0.6) is 5.75 Å². The van der Waals surface area contributed by atoms with Crippen LogP contribution in [0.4, 0.5) is 5.13 Å². The molecule has 9 nitrogen and oxygen atoms in total. The highest BCUT2D eigenvalue weighted by atomic mass is 32.2. The van der Waals surface area contributed by atoms with Crippen LogP contribution in [0.2, 0.25) is 0 Å². The van der Waals surface area contributed by atoms with E-state index in [1.807, 2.05) is 24.0 Å². The van der Waals surface area contributed by atoms with Gasteiger partial charge in [-0.1, -0.05) is 12.5 Å². The fourth-order valence-corrected chi connectivity index (χ4v) is 6.29. The Labute approximate surface area is 185 Å². The molecule has 1 saturated heterocycles. The predicted octanol–water partition coefficient (Wildman–Crippen LogP) is 3.12. The van der Waals surface area contributed by atoms with E-state index in [4.69, 9.17) is 4.74 Å². The Morgan fingerprint density at radius 1 is 1.19 bits per heavy atom. The summed E-state index contributed by atoms with van der Waals surface area (Å²) < 4.78 is 39.7. The highest BCUT2D eigenvalue weighted by molar-refractivity contribution is 7.93. The molecule has 0 radical (unpaired) electrons. The first-order chi connectivity index (χ1) is 15.0. The van der Waals surface area contributed by atoms with Crippen molar-refractivity contribution in [3.05, 3.63) is 48.0 Å². The first-order valence-corrected chi connectivity index (χ1v) is 12.6. The van der Waals surface area contributed by atoms with Crippen molar-refractivity contribution < 1.29 is 13.2 Å². The van der Waals surface area contributed by atoms with E-state index in [0.717, 1.165) is 42.9 Å². The first-order valence-electron chi connectivity index (χ1n) is 10.3. The van der Waals surface area contributed by atoms with E-state index in [9.17, 15) is 8.42 Å². The third kappa shape index (κ3) is 3.92. The standard InChI is InChI=1S/C20H24N6O3S2/c1-25-17(7-9-22-25)18-4-2-3-10-26(18)16-8-11-29-19-12-14(5-6-15(16)19)31(27,28)24-20-21-13-23-30-20/h5-7,9,12-13,16,18H,2-4,8,10-11H2,1H3,(H,21,23,24)/t16?,18-/m0/s1. The molecule has 0 aliphatic carbocycles. The zero-order chi connectivity index (χ0) is 21.4. The van der Waals surface area contributed by atoms with E-state index in [2.05, 4.69) is 30.1 Å². The third-order valence-corrected chi connectivity index (χ3v) is 8.08. The van der Waals surface area contributed by atoms with Gasteiger partial charge in [0.25, 0.3) is 10.0 Å². The molecular weight excluding hydrogens is 436 g/mol. The normalized spacial score (nSPS) is 22.0. The van der Waals surface area contributed by atoms with E-state index in [1.165, 1.54) is 18.4 Å². The number of rotatable bonds is 5. The maximum Gasteiger partial charge on any atom is 0.263 e. The number of nitrogens with one attached hydrogen (secondary N) is 1. The Bertz CT molecular complexity index is 1160. The highest BCUT2D eigenvalue weighted by Crippen LogP contribution is 2.44. The Hall–Kier alpha value is -2.50. The molecule has 0 amide bonds. The van der Waals surface area contributed by atoms with Gasteiger partial charge in [0, 0.05) is 48.9 Å². The number of aryl methyl sites for hydroxylation is 1. The Morgan fingerprint density at radius 2 is 2.10 bits per heavy atom. The summed E-state index contributed by atoms with van der Waals surface area (Å²) in [4.78, 5) is 6.59. The van der Waals surface area contributed by atoms with Crippen molar-refractivity contribution in [3.8, 4) is 5.75 Å². The maximum atomic E-state index is 12.8. The quantitative estimate of drug-likeness (QED) is 0.624. The van der Waals surface area contributed by atoms with Crippen molar-refractivity contribution in [1.82, 2.24) is 24.0 Å². The van der Waals surface area contributed by atoms with Crippen molar-refractivity contribution >= 4 is 26.7 Å². The zero-order valence-electron chi connectivity index (χ0n) is 17.1. The lowest BCUT2D eigenvalue weighted by atomic mass is 9.91. The monoisotopic (exact) mass is 460 g/mol. The van der Waals surface area contributed by atoms with Crippen molar-refractivity contribution in [2.45, 2.75) is 42.7 Å². The molecule has 0 bridgehead atoms. The summed E-state index contributed by atoms with van der Waals surface area (Å²) in [7, 11) is -1.77. The van der Waals surface area contributed by atoms with Crippen LogP contribution in [0.1, 0.15) is 49.0 Å². The molecule has 1 N–H and O–H groups in total. The first kappa shape index (κ1) is 20.4. The summed E-state index contributed by atoms with van der Waals surface area (Å²) >= 11 is 0.996. The van der Waals surface area contributed by atoms with Crippen molar-refractivity contribution in [1.29, 1.82) is 0 Å². The van der Waals surface area contributed by atoms with Gasteiger partial charge in [-0.25, -0.2) is 13.4 Å². The minimum Gasteiger partial charge on any atom is -0.493 e. The maximum absolute atomic E-state index is 12.8. The van der Waals surface area contributed by atoms with E-state index >= 15 is 0 Å². The summed E-state index contributed by atoms with van der Waals surface area (Å²) in [6.45, 7) is 1.55. The van der Waals surface area contributed by atoms with Crippen LogP contribution in [-0.4, -0.2) is 45.6 Å². The number of hydrogen-bond donors (Lipinski definition) is 1. The molecule has 2 aromatic heterocycles. The predicted molar refractivity (Wildman–Crippen MR) is 117 cm³/mol. The van der Waals surface area contributed by atoms with Gasteiger partial charge in [-0.3, -0.25) is 14.3 Å². The van der Waals surface area contributed by atoms with Gasteiger partial charge >= 0.3 is 0 Å². The summed E-state index contributed by atoms with van der Waals surface area (Å²) in [5, 5.41) is 4.61. The summed E-state index contributed by atoms with van der Waals surface area (Å²) in [5.41, 5.74) is 2.25. The summed E-state index contributed by atoms with van der Waals surface area (Å²) in [6.07, 6.45) is 7.47. The van der Waals surface area contributed by atoms with Crippen LogP contribution >= 0.6 is 11.5 Å². The zero-order valence-corrected chi connectivity index (χ0v) is 18.8. The second-order valence-electron chi connectivity index (χ2n) is 7.83. The molecule has 0 saturated carbocycles. The third-order valence-electron chi connectivity index (χ3n) is 6.03. The Morgan fingerprint density at radius 3 is 2.87 bits per heavy atom. The minimum atomic E-state index is -3.76. The highest BCUT2D eigenvalue weighted by Gasteiger charge is 2.35. The number of anilines is 1. The molecule has 2 aliphatic heterocycles. The van der Waals surface area contributed by atoms with Crippen LogP contribution in [-0.2, 0) is 17.1 Å². The van der Waals surface area contributed by atoms with Crippen LogP contribution < -0.4 is 9.46 Å². The van der Waals surface area contributed by atoms with E-state index in [0.29, 0.717) is 18.4 Å². The van der Waals surface area contributed by atoms with Crippen molar-refractivity contribution in [2.75, 3.05) is 17.9 Å². The molecule has 11 heteroatoms. The lowest BCUT2D eigenvalue weighted by Crippen LogP contribution is -2.39. The number of piperidine rings is 1. The topological polar surface area (TPSA) is 102 Å². The number of hydrogen-bond acceptors (Lipinski definition) is 8. The van der Waals surface area contributed by atoms with Gasteiger partial charge in [-0.05, 0) is 31.5 Å². The molecule has 31 heavy (non-hydrogen) atoms. The summed E-state index contributed by atoms with van der Waals surface area (Å²) in [5.74, 6) is 0.630. The van der Waals surface area contributed by atoms with Crippen LogP contribution in [0.3, 0.4) is 0 Å². The van der Waals surface area contributed by atoms with Gasteiger partial charge in [0.1, 0.15) is 12.1 Å². The average Bonchev–Trinajstić information content (AvgIpc) is 3.44. The SMILES string of the molecule is Cn1nccc1[C@@H]1CCCCN1C1CCOc2cc(S(=O)(=O)Nc3ncns3)ccc21. The number of likely N-dealkylation sites (tertiary alicyclic amines) is 1. The molecule has 1 aromatic carbocycles. The molecule has 2 atom stereocenters. The molecule has 1 unspecified atom stereocenters. The fourth-order valence-electron chi connectivity index (χ4n) is 4.61. The molecule has 5 rings (SSSR count). The Kier molecular flexibility index (Phi) is 5.40. The van der Waals surface area contributed by atoms with Gasteiger partial charge in [0.2, 0.25) is 5.13 Å². The lowest BCUT2D eigenvalue weighted by molar-refractivity contribution is 0.0629. The summed E-state index contributed by atoms with van der Waals surface area (Å²) in [6, 6.07) is 7.72. The molecule has 2 aliphatic rings. The number of ether oxygens (including phenoxy) is 1. The Balaban J connectivity index is 1.45. The van der Waals surface area contributed by atoms with Gasteiger partial charge in [0.15, 0.2) is 0 Å². The van der Waals surface area contributed by atoms with Crippen molar-refractivity contribution in [3.63, 3.8) is 0 Å². The molecule has 3 aromatic rings. The van der Waals surface area contributed by atoms with Crippen LogP contribution in [0.15, 0.2) is 41.7 Å². The van der Waals surface area contributed by atoms with Gasteiger partial charge in [0.05, 0.1) is 23.2 Å². The molecule has 4 heterocycles.